The van der Waals surface area contributed by atoms with E-state index >= 15 is 0 Å². The molecule has 2 N–H and O–H groups in total. The normalized spacial score (nSPS) is 14.6. The summed E-state index contributed by atoms with van der Waals surface area (Å²) in [6.45, 7) is 11.8. The van der Waals surface area contributed by atoms with Crippen molar-refractivity contribution in [3.63, 3.8) is 0 Å². The van der Waals surface area contributed by atoms with Crippen LogP contribution in [0.5, 0.6) is 0 Å². The van der Waals surface area contributed by atoms with Crippen molar-refractivity contribution in [2.24, 2.45) is 5.73 Å². The molecule has 0 rings (SSSR count). The summed E-state index contributed by atoms with van der Waals surface area (Å²) in [7, 11) is -2.22. The Labute approximate surface area is 95.6 Å². The van der Waals surface area contributed by atoms with Gasteiger partial charge in [-0.15, -0.1) is 0 Å². The summed E-state index contributed by atoms with van der Waals surface area (Å²) in [5, 5.41) is 0. The first-order chi connectivity index (χ1) is 7.08. The van der Waals surface area contributed by atoms with Gasteiger partial charge in [-0.3, -0.25) is 0 Å². The molecule has 0 radical (unpaired) electrons. The SMILES string of the molecule is CCO[Si](OCC)(C(C)N)C(CC)CC. The number of nitrogens with two attached hydrogens (primary N) is 1. The Morgan fingerprint density at radius 3 is 1.60 bits per heavy atom. The van der Waals surface area contributed by atoms with E-state index in [0.717, 1.165) is 12.8 Å². The van der Waals surface area contributed by atoms with Crippen LogP contribution in [0.4, 0.5) is 0 Å². The summed E-state index contributed by atoms with van der Waals surface area (Å²) in [4.78, 5) is 0. The molecular formula is C11H27NO2Si. The van der Waals surface area contributed by atoms with Crippen molar-refractivity contribution in [1.82, 2.24) is 0 Å². The average Bonchev–Trinajstić information content (AvgIpc) is 2.19. The standard InChI is InChI=1S/C11H27NO2Si/c1-6-11(7-2)15(10(5)12,13-8-3)14-9-4/h10-11H,6-9,12H2,1-5H3. The van der Waals surface area contributed by atoms with Crippen molar-refractivity contribution in [3.8, 4) is 0 Å². The Morgan fingerprint density at radius 1 is 1.00 bits per heavy atom. The van der Waals surface area contributed by atoms with Crippen LogP contribution in [0, 0.1) is 0 Å². The van der Waals surface area contributed by atoms with E-state index in [1.165, 1.54) is 0 Å². The van der Waals surface area contributed by atoms with E-state index < -0.39 is 8.56 Å². The molecule has 0 aliphatic heterocycles. The third-order valence-corrected chi connectivity index (χ3v) is 7.63. The lowest BCUT2D eigenvalue weighted by Gasteiger charge is -2.39. The maximum atomic E-state index is 6.11. The van der Waals surface area contributed by atoms with Gasteiger partial charge in [0.1, 0.15) is 0 Å². The van der Waals surface area contributed by atoms with E-state index in [9.17, 15) is 0 Å². The zero-order valence-corrected chi connectivity index (χ0v) is 11.9. The minimum Gasteiger partial charge on any atom is -0.393 e. The molecule has 0 saturated heterocycles. The Kier molecular flexibility index (Phi) is 7.43. The molecule has 4 heteroatoms. The number of hydrogen-bond acceptors (Lipinski definition) is 3. The molecule has 3 nitrogen and oxygen atoms in total. The lowest BCUT2D eigenvalue weighted by Crippen LogP contribution is -2.59. The van der Waals surface area contributed by atoms with E-state index in [1.54, 1.807) is 0 Å². The van der Waals surface area contributed by atoms with Crippen LogP contribution in [-0.2, 0) is 8.85 Å². The maximum Gasteiger partial charge on any atom is 0.358 e. The summed E-state index contributed by atoms with van der Waals surface area (Å²) < 4.78 is 11.9. The van der Waals surface area contributed by atoms with Crippen LogP contribution in [-0.4, -0.2) is 27.4 Å². The second-order valence-corrected chi connectivity index (χ2v) is 7.64. The molecule has 0 saturated carbocycles. The monoisotopic (exact) mass is 233 g/mol. The van der Waals surface area contributed by atoms with Crippen LogP contribution in [0.3, 0.4) is 0 Å². The highest BCUT2D eigenvalue weighted by atomic mass is 28.4. The van der Waals surface area contributed by atoms with Crippen molar-refractivity contribution in [2.45, 2.75) is 58.7 Å². The van der Waals surface area contributed by atoms with E-state index in [-0.39, 0.29) is 5.67 Å². The second kappa shape index (κ2) is 7.38. The second-order valence-electron chi connectivity index (χ2n) is 3.89. The molecule has 0 aromatic rings. The Morgan fingerprint density at radius 2 is 1.40 bits per heavy atom. The lowest BCUT2D eigenvalue weighted by molar-refractivity contribution is 0.162. The summed E-state index contributed by atoms with van der Waals surface area (Å²) in [5.41, 5.74) is 6.64. The van der Waals surface area contributed by atoms with Gasteiger partial charge in [-0.2, -0.15) is 0 Å². The minimum absolute atomic E-state index is 0.0299. The van der Waals surface area contributed by atoms with Crippen LogP contribution < -0.4 is 5.73 Å². The molecule has 92 valence electrons. The van der Waals surface area contributed by atoms with E-state index in [0.29, 0.717) is 18.8 Å². The first-order valence-corrected chi connectivity index (χ1v) is 8.09. The molecule has 0 heterocycles. The van der Waals surface area contributed by atoms with Crippen molar-refractivity contribution in [1.29, 1.82) is 0 Å². The molecule has 0 aromatic carbocycles. The molecule has 0 aliphatic carbocycles. The van der Waals surface area contributed by atoms with E-state index in [4.69, 9.17) is 14.6 Å². The van der Waals surface area contributed by atoms with Crippen LogP contribution in [0.25, 0.3) is 0 Å². The van der Waals surface area contributed by atoms with Crippen molar-refractivity contribution >= 4 is 8.56 Å². The molecule has 0 bridgehead atoms. The van der Waals surface area contributed by atoms with Gasteiger partial charge < -0.3 is 14.6 Å². The van der Waals surface area contributed by atoms with Gasteiger partial charge in [-0.25, -0.2) is 0 Å². The van der Waals surface area contributed by atoms with Crippen LogP contribution in [0.2, 0.25) is 5.54 Å². The van der Waals surface area contributed by atoms with Crippen LogP contribution in [0.15, 0.2) is 0 Å². The minimum atomic E-state index is -2.22. The molecule has 0 aromatic heterocycles. The fraction of sp³-hybridized carbons (Fsp3) is 1.00. The third kappa shape index (κ3) is 3.55. The highest BCUT2D eigenvalue weighted by Crippen LogP contribution is 2.32. The number of hydrogen-bond donors (Lipinski definition) is 1. The topological polar surface area (TPSA) is 44.5 Å². The number of rotatable bonds is 8. The first-order valence-electron chi connectivity index (χ1n) is 6.12. The summed E-state index contributed by atoms with van der Waals surface area (Å²) in [5.74, 6) is 0. The van der Waals surface area contributed by atoms with Gasteiger partial charge in [-0.05, 0) is 20.8 Å². The Hall–Kier alpha value is 0.0969. The van der Waals surface area contributed by atoms with Gasteiger partial charge in [0.05, 0.1) is 0 Å². The molecule has 15 heavy (non-hydrogen) atoms. The largest absolute Gasteiger partial charge is 0.393 e. The quantitative estimate of drug-likeness (QED) is 0.655. The molecule has 0 spiro atoms. The Bertz CT molecular complexity index is 155. The van der Waals surface area contributed by atoms with Crippen molar-refractivity contribution in [2.75, 3.05) is 13.2 Å². The fourth-order valence-corrected chi connectivity index (χ4v) is 6.09. The lowest BCUT2D eigenvalue weighted by atomic mass is 10.3. The molecule has 0 amide bonds. The zero-order chi connectivity index (χ0) is 11.9. The summed E-state index contributed by atoms with van der Waals surface area (Å²) in [6, 6.07) is 0. The van der Waals surface area contributed by atoms with Gasteiger partial charge in [0.25, 0.3) is 0 Å². The average molecular weight is 233 g/mol. The summed E-state index contributed by atoms with van der Waals surface area (Å²) in [6.07, 6.45) is 2.18. The zero-order valence-electron chi connectivity index (χ0n) is 10.9. The third-order valence-electron chi connectivity index (χ3n) is 2.93. The first kappa shape index (κ1) is 15.1. The smallest absolute Gasteiger partial charge is 0.358 e. The highest BCUT2D eigenvalue weighted by molar-refractivity contribution is 6.70. The highest BCUT2D eigenvalue weighted by Gasteiger charge is 2.47. The van der Waals surface area contributed by atoms with Crippen molar-refractivity contribution in [3.05, 3.63) is 0 Å². The van der Waals surface area contributed by atoms with Gasteiger partial charge in [0.2, 0.25) is 0 Å². The molecule has 0 aliphatic rings. The van der Waals surface area contributed by atoms with Crippen LogP contribution >= 0.6 is 0 Å². The summed E-state index contributed by atoms with van der Waals surface area (Å²) >= 11 is 0. The predicted octanol–water partition coefficient (Wildman–Crippen LogP) is 2.58. The van der Waals surface area contributed by atoms with Gasteiger partial charge in [0, 0.05) is 24.4 Å². The van der Waals surface area contributed by atoms with Gasteiger partial charge in [0.15, 0.2) is 0 Å². The predicted molar refractivity (Wildman–Crippen MR) is 67.0 cm³/mol. The van der Waals surface area contributed by atoms with Gasteiger partial charge >= 0.3 is 8.56 Å². The van der Waals surface area contributed by atoms with Gasteiger partial charge in [-0.1, -0.05) is 26.7 Å². The van der Waals surface area contributed by atoms with E-state index in [2.05, 4.69) is 13.8 Å². The maximum absolute atomic E-state index is 6.11. The Balaban J connectivity index is 4.89. The van der Waals surface area contributed by atoms with Crippen molar-refractivity contribution < 1.29 is 8.85 Å². The van der Waals surface area contributed by atoms with E-state index in [1.807, 2.05) is 20.8 Å². The molecular weight excluding hydrogens is 206 g/mol. The van der Waals surface area contributed by atoms with Crippen LogP contribution in [0.1, 0.15) is 47.5 Å². The molecule has 0 fully saturated rings. The molecule has 1 atom stereocenters. The fourth-order valence-electron chi connectivity index (χ4n) is 2.22. The molecule has 1 unspecified atom stereocenters.